The van der Waals surface area contributed by atoms with Crippen LogP contribution >= 0.6 is 0 Å². The molecule has 0 spiro atoms. The molecule has 3 aromatic rings. The molecule has 1 aromatic heterocycles. The maximum atomic E-state index is 5.13. The molecule has 3 rings (SSSR count). The fraction of sp³-hybridized carbons (Fsp3) is 0.133. The zero-order chi connectivity index (χ0) is 13.8. The van der Waals surface area contributed by atoms with Gasteiger partial charge in [-0.2, -0.15) is 4.80 Å². The molecule has 1 heterocycles. The average molecular weight is 266 g/mol. The maximum absolute atomic E-state index is 5.13. The van der Waals surface area contributed by atoms with E-state index in [0.717, 1.165) is 16.9 Å². The first-order chi connectivity index (χ1) is 9.85. The number of nitrogens with zero attached hydrogens (tertiary/aromatic N) is 4. The zero-order valence-corrected chi connectivity index (χ0v) is 11.1. The SMILES string of the molecule is COc1ccc(-c2nnn(Cc3ccccc3)n2)cc1. The van der Waals surface area contributed by atoms with Crippen molar-refractivity contribution in [3.63, 3.8) is 0 Å². The number of methoxy groups -OCH3 is 1. The summed E-state index contributed by atoms with van der Waals surface area (Å²) in [5.74, 6) is 1.43. The van der Waals surface area contributed by atoms with Crippen molar-refractivity contribution < 1.29 is 4.74 Å². The van der Waals surface area contributed by atoms with E-state index in [1.54, 1.807) is 11.9 Å². The minimum atomic E-state index is 0.614. The van der Waals surface area contributed by atoms with Crippen LogP contribution in [0.3, 0.4) is 0 Å². The molecule has 0 saturated carbocycles. The van der Waals surface area contributed by atoms with E-state index in [1.165, 1.54) is 0 Å². The summed E-state index contributed by atoms with van der Waals surface area (Å²) in [7, 11) is 1.64. The number of hydrogen-bond acceptors (Lipinski definition) is 4. The molecule has 2 aromatic carbocycles. The number of rotatable bonds is 4. The van der Waals surface area contributed by atoms with E-state index in [1.807, 2.05) is 54.6 Å². The molecule has 0 saturated heterocycles. The molecule has 0 aliphatic rings. The Hall–Kier alpha value is -2.69. The highest BCUT2D eigenvalue weighted by Gasteiger charge is 2.06. The third-order valence-corrected chi connectivity index (χ3v) is 2.97. The Bertz CT molecular complexity index is 677. The highest BCUT2D eigenvalue weighted by molar-refractivity contribution is 5.55. The standard InChI is InChI=1S/C15H14N4O/c1-20-14-9-7-13(8-10-14)15-16-18-19(17-15)11-12-5-3-2-4-6-12/h2-10H,11H2,1H3. The second-order valence-corrected chi connectivity index (χ2v) is 4.36. The fourth-order valence-corrected chi connectivity index (χ4v) is 1.91. The van der Waals surface area contributed by atoms with Gasteiger partial charge in [-0.1, -0.05) is 30.3 Å². The van der Waals surface area contributed by atoms with E-state index in [0.29, 0.717) is 12.4 Å². The monoisotopic (exact) mass is 266 g/mol. The van der Waals surface area contributed by atoms with Gasteiger partial charge < -0.3 is 4.74 Å². The van der Waals surface area contributed by atoms with Crippen LogP contribution in [0.4, 0.5) is 0 Å². The molecule has 5 heteroatoms. The van der Waals surface area contributed by atoms with Gasteiger partial charge in [0.25, 0.3) is 0 Å². The van der Waals surface area contributed by atoms with E-state index in [-0.39, 0.29) is 0 Å². The van der Waals surface area contributed by atoms with E-state index in [2.05, 4.69) is 15.4 Å². The van der Waals surface area contributed by atoms with Crippen LogP contribution in [0.2, 0.25) is 0 Å². The Morgan fingerprint density at radius 3 is 2.45 bits per heavy atom. The van der Waals surface area contributed by atoms with E-state index in [9.17, 15) is 0 Å². The number of ether oxygens (including phenoxy) is 1. The van der Waals surface area contributed by atoms with Crippen molar-refractivity contribution in [2.75, 3.05) is 7.11 Å². The van der Waals surface area contributed by atoms with Gasteiger partial charge in [0, 0.05) is 5.56 Å². The third kappa shape index (κ3) is 2.66. The first-order valence-corrected chi connectivity index (χ1v) is 6.31. The zero-order valence-electron chi connectivity index (χ0n) is 11.1. The van der Waals surface area contributed by atoms with Crippen molar-refractivity contribution in [3.05, 3.63) is 60.2 Å². The van der Waals surface area contributed by atoms with Crippen molar-refractivity contribution in [2.45, 2.75) is 6.54 Å². The van der Waals surface area contributed by atoms with Crippen molar-refractivity contribution in [3.8, 4) is 17.1 Å². The molecule has 20 heavy (non-hydrogen) atoms. The second kappa shape index (κ2) is 5.52. The number of hydrogen-bond donors (Lipinski definition) is 0. The summed E-state index contributed by atoms with van der Waals surface area (Å²) >= 11 is 0. The third-order valence-electron chi connectivity index (χ3n) is 2.97. The first-order valence-electron chi connectivity index (χ1n) is 6.31. The van der Waals surface area contributed by atoms with Crippen molar-refractivity contribution >= 4 is 0 Å². The quantitative estimate of drug-likeness (QED) is 0.727. The van der Waals surface area contributed by atoms with Crippen molar-refractivity contribution in [1.82, 2.24) is 20.2 Å². The molecule has 0 aliphatic heterocycles. The minimum Gasteiger partial charge on any atom is -0.497 e. The molecule has 0 unspecified atom stereocenters. The molecule has 5 nitrogen and oxygen atoms in total. The Labute approximate surface area is 116 Å². The molecular formula is C15H14N4O. The average Bonchev–Trinajstić information content (AvgIpc) is 2.97. The van der Waals surface area contributed by atoms with Gasteiger partial charge in [0.05, 0.1) is 13.7 Å². The normalized spacial score (nSPS) is 10.4. The molecule has 0 bridgehead atoms. The fourth-order valence-electron chi connectivity index (χ4n) is 1.91. The maximum Gasteiger partial charge on any atom is 0.204 e. The lowest BCUT2D eigenvalue weighted by molar-refractivity contribution is 0.415. The lowest BCUT2D eigenvalue weighted by atomic mass is 10.2. The Kier molecular flexibility index (Phi) is 3.41. The summed E-state index contributed by atoms with van der Waals surface area (Å²) in [6.45, 7) is 0.615. The molecule has 0 radical (unpaired) electrons. The van der Waals surface area contributed by atoms with Crippen LogP contribution < -0.4 is 4.74 Å². The van der Waals surface area contributed by atoms with Crippen molar-refractivity contribution in [2.24, 2.45) is 0 Å². The van der Waals surface area contributed by atoms with E-state index in [4.69, 9.17) is 4.74 Å². The van der Waals surface area contributed by atoms with Crippen LogP contribution in [0.5, 0.6) is 5.75 Å². The summed E-state index contributed by atoms with van der Waals surface area (Å²) in [5.41, 5.74) is 2.07. The van der Waals surface area contributed by atoms with Gasteiger partial charge in [0.1, 0.15) is 5.75 Å². The van der Waals surface area contributed by atoms with E-state index < -0.39 is 0 Å². The van der Waals surface area contributed by atoms with Crippen LogP contribution in [0, 0.1) is 0 Å². The van der Waals surface area contributed by atoms with Crippen LogP contribution in [-0.2, 0) is 6.54 Å². The molecule has 100 valence electrons. The predicted octanol–water partition coefficient (Wildman–Crippen LogP) is 2.40. The van der Waals surface area contributed by atoms with Crippen molar-refractivity contribution in [1.29, 1.82) is 0 Å². The lowest BCUT2D eigenvalue weighted by Crippen LogP contribution is -2.03. The molecule has 0 aliphatic carbocycles. The molecule has 0 atom stereocenters. The molecular weight excluding hydrogens is 252 g/mol. The largest absolute Gasteiger partial charge is 0.497 e. The van der Waals surface area contributed by atoms with Crippen LogP contribution in [-0.4, -0.2) is 27.3 Å². The van der Waals surface area contributed by atoms with Gasteiger partial charge in [-0.05, 0) is 35.0 Å². The predicted molar refractivity (Wildman–Crippen MR) is 75.3 cm³/mol. The lowest BCUT2D eigenvalue weighted by Gasteiger charge is -2.00. The van der Waals surface area contributed by atoms with Crippen LogP contribution in [0.25, 0.3) is 11.4 Å². The van der Waals surface area contributed by atoms with Gasteiger partial charge in [-0.3, -0.25) is 0 Å². The number of tetrazole rings is 1. The minimum absolute atomic E-state index is 0.614. The summed E-state index contributed by atoms with van der Waals surface area (Å²) in [6.07, 6.45) is 0. The highest BCUT2D eigenvalue weighted by atomic mass is 16.5. The molecule has 0 N–H and O–H groups in total. The van der Waals surface area contributed by atoms with Crippen LogP contribution in [0.1, 0.15) is 5.56 Å². The summed E-state index contributed by atoms with van der Waals surface area (Å²) in [6, 6.07) is 17.7. The molecule has 0 amide bonds. The van der Waals surface area contributed by atoms with Gasteiger partial charge >= 0.3 is 0 Å². The summed E-state index contributed by atoms with van der Waals surface area (Å²) < 4.78 is 5.13. The molecule has 0 fully saturated rings. The summed E-state index contributed by atoms with van der Waals surface area (Å²) in [4.78, 5) is 1.59. The number of benzene rings is 2. The van der Waals surface area contributed by atoms with Gasteiger partial charge in [-0.25, -0.2) is 0 Å². The Morgan fingerprint density at radius 2 is 1.75 bits per heavy atom. The van der Waals surface area contributed by atoms with Gasteiger partial charge in [0.15, 0.2) is 0 Å². The smallest absolute Gasteiger partial charge is 0.204 e. The summed E-state index contributed by atoms with van der Waals surface area (Å²) in [5, 5.41) is 12.5. The highest BCUT2D eigenvalue weighted by Crippen LogP contribution is 2.18. The van der Waals surface area contributed by atoms with E-state index >= 15 is 0 Å². The van der Waals surface area contributed by atoms with Gasteiger partial charge in [-0.15, -0.1) is 10.2 Å². The second-order valence-electron chi connectivity index (χ2n) is 4.36. The number of aromatic nitrogens is 4. The van der Waals surface area contributed by atoms with Crippen LogP contribution in [0.15, 0.2) is 54.6 Å². The Morgan fingerprint density at radius 1 is 1.00 bits per heavy atom. The van der Waals surface area contributed by atoms with Gasteiger partial charge in [0.2, 0.25) is 5.82 Å². The Balaban J connectivity index is 1.79. The topological polar surface area (TPSA) is 52.8 Å². The first kappa shape index (κ1) is 12.3.